The highest BCUT2D eigenvalue weighted by Gasteiger charge is 2.10. The van der Waals surface area contributed by atoms with Gasteiger partial charge in [-0.2, -0.15) is 10.2 Å². The quantitative estimate of drug-likeness (QED) is 0.585. The average molecular weight is 296 g/mol. The Morgan fingerprint density at radius 1 is 0.727 bits per heavy atom. The van der Waals surface area contributed by atoms with E-state index in [-0.39, 0.29) is 11.8 Å². The molecule has 2 aromatic heterocycles. The first-order chi connectivity index (χ1) is 10.7. The second-order valence-electron chi connectivity index (χ2n) is 4.43. The fourth-order valence-corrected chi connectivity index (χ4v) is 1.81. The highest BCUT2D eigenvalue weighted by molar-refractivity contribution is 6.06. The zero-order valence-corrected chi connectivity index (χ0v) is 11.3. The van der Waals surface area contributed by atoms with Gasteiger partial charge in [-0.3, -0.25) is 19.8 Å². The van der Waals surface area contributed by atoms with Gasteiger partial charge in [0.1, 0.15) is 11.6 Å². The average Bonchev–Trinajstić information content (AvgIpc) is 3.21. The van der Waals surface area contributed by atoms with Crippen molar-refractivity contribution < 1.29 is 9.59 Å². The van der Waals surface area contributed by atoms with Crippen molar-refractivity contribution in [3.8, 4) is 0 Å². The van der Waals surface area contributed by atoms with E-state index in [4.69, 9.17) is 0 Å². The van der Waals surface area contributed by atoms with E-state index in [1.165, 1.54) is 0 Å². The van der Waals surface area contributed by atoms with Gasteiger partial charge in [0.15, 0.2) is 0 Å². The van der Waals surface area contributed by atoms with Crippen molar-refractivity contribution in [1.82, 2.24) is 20.4 Å². The molecule has 0 spiro atoms. The molecule has 0 unspecified atom stereocenters. The predicted molar refractivity (Wildman–Crippen MR) is 79.5 cm³/mol. The second kappa shape index (κ2) is 5.92. The number of aromatic nitrogens is 4. The summed E-state index contributed by atoms with van der Waals surface area (Å²) in [6.45, 7) is 0. The molecule has 22 heavy (non-hydrogen) atoms. The van der Waals surface area contributed by atoms with Crippen LogP contribution in [0, 0.1) is 0 Å². The standard InChI is InChI=1S/C14H12N6O2/c21-13(17-11-5-7-15-19-11)9-1-2-10(4-3-9)14(22)18-12-6-8-16-20-12/h1-8H,(H2,15,17,19,21)(H2,16,18,20,22). The van der Waals surface area contributed by atoms with Crippen LogP contribution in [0.25, 0.3) is 0 Å². The number of aromatic amines is 2. The molecule has 8 nitrogen and oxygen atoms in total. The SMILES string of the molecule is O=C(Nc1ccn[nH]1)c1ccc(C(=O)Nc2ccn[nH]2)cc1. The lowest BCUT2D eigenvalue weighted by Gasteiger charge is -2.05. The van der Waals surface area contributed by atoms with Gasteiger partial charge < -0.3 is 10.6 Å². The van der Waals surface area contributed by atoms with Crippen molar-refractivity contribution in [2.24, 2.45) is 0 Å². The van der Waals surface area contributed by atoms with E-state index in [9.17, 15) is 9.59 Å². The summed E-state index contributed by atoms with van der Waals surface area (Å²) in [6, 6.07) is 9.59. The number of carbonyl (C=O) groups is 2. The van der Waals surface area contributed by atoms with Crippen LogP contribution in [0.15, 0.2) is 48.8 Å². The van der Waals surface area contributed by atoms with Crippen molar-refractivity contribution in [2.45, 2.75) is 0 Å². The van der Waals surface area contributed by atoms with E-state index in [1.54, 1.807) is 48.8 Å². The van der Waals surface area contributed by atoms with Crippen LogP contribution in [-0.4, -0.2) is 32.2 Å². The van der Waals surface area contributed by atoms with Gasteiger partial charge in [-0.15, -0.1) is 0 Å². The molecule has 0 aliphatic rings. The van der Waals surface area contributed by atoms with Crippen molar-refractivity contribution >= 4 is 23.5 Å². The largest absolute Gasteiger partial charge is 0.307 e. The molecule has 0 saturated carbocycles. The summed E-state index contributed by atoms with van der Waals surface area (Å²) in [6.07, 6.45) is 3.08. The molecule has 4 N–H and O–H groups in total. The first-order valence-corrected chi connectivity index (χ1v) is 6.44. The summed E-state index contributed by atoms with van der Waals surface area (Å²) in [5.74, 6) is 0.437. The van der Waals surface area contributed by atoms with Crippen molar-refractivity contribution in [2.75, 3.05) is 10.6 Å². The molecule has 2 amide bonds. The van der Waals surface area contributed by atoms with E-state index >= 15 is 0 Å². The molecule has 0 radical (unpaired) electrons. The molecule has 0 fully saturated rings. The van der Waals surface area contributed by atoms with Crippen LogP contribution in [-0.2, 0) is 0 Å². The van der Waals surface area contributed by atoms with Crippen molar-refractivity contribution in [3.63, 3.8) is 0 Å². The first kappa shape index (κ1) is 13.6. The Morgan fingerprint density at radius 3 is 1.45 bits per heavy atom. The number of H-pyrrole nitrogens is 2. The van der Waals surface area contributed by atoms with Gasteiger partial charge in [0.25, 0.3) is 11.8 Å². The monoisotopic (exact) mass is 296 g/mol. The molecular weight excluding hydrogens is 284 g/mol. The van der Waals surface area contributed by atoms with Crippen LogP contribution in [0.5, 0.6) is 0 Å². The zero-order valence-electron chi connectivity index (χ0n) is 11.3. The number of benzene rings is 1. The van der Waals surface area contributed by atoms with Crippen LogP contribution in [0.4, 0.5) is 11.6 Å². The van der Waals surface area contributed by atoms with Gasteiger partial charge in [-0.1, -0.05) is 0 Å². The summed E-state index contributed by atoms with van der Waals surface area (Å²) in [5.41, 5.74) is 0.875. The van der Waals surface area contributed by atoms with E-state index in [0.29, 0.717) is 22.8 Å². The fraction of sp³-hybridized carbons (Fsp3) is 0. The molecule has 2 heterocycles. The van der Waals surface area contributed by atoms with Crippen molar-refractivity contribution in [3.05, 3.63) is 59.9 Å². The molecular formula is C14H12N6O2. The van der Waals surface area contributed by atoms with Crippen LogP contribution in [0.2, 0.25) is 0 Å². The lowest BCUT2D eigenvalue weighted by molar-refractivity contribution is 0.101. The number of amides is 2. The minimum atomic E-state index is -0.287. The topological polar surface area (TPSA) is 116 Å². The van der Waals surface area contributed by atoms with E-state index in [0.717, 1.165) is 0 Å². The number of anilines is 2. The lowest BCUT2D eigenvalue weighted by atomic mass is 10.1. The van der Waals surface area contributed by atoms with E-state index < -0.39 is 0 Å². The van der Waals surface area contributed by atoms with Gasteiger partial charge in [-0.25, -0.2) is 0 Å². The molecule has 8 heteroatoms. The molecule has 0 bridgehead atoms. The van der Waals surface area contributed by atoms with Gasteiger partial charge in [0.05, 0.1) is 12.4 Å². The van der Waals surface area contributed by atoms with E-state index in [1.807, 2.05) is 0 Å². The zero-order chi connectivity index (χ0) is 15.4. The van der Waals surface area contributed by atoms with E-state index in [2.05, 4.69) is 31.0 Å². The van der Waals surface area contributed by atoms with Gasteiger partial charge in [-0.05, 0) is 24.3 Å². The highest BCUT2D eigenvalue weighted by atomic mass is 16.2. The summed E-state index contributed by atoms with van der Waals surface area (Å²) < 4.78 is 0. The smallest absolute Gasteiger partial charge is 0.256 e. The van der Waals surface area contributed by atoms with Gasteiger partial charge >= 0.3 is 0 Å². The summed E-state index contributed by atoms with van der Waals surface area (Å²) >= 11 is 0. The Bertz CT molecular complexity index is 695. The Labute approximate surface area is 124 Å². The third-order valence-electron chi connectivity index (χ3n) is 2.91. The lowest BCUT2D eigenvalue weighted by Crippen LogP contribution is -2.14. The molecule has 1 aromatic carbocycles. The second-order valence-corrected chi connectivity index (χ2v) is 4.43. The van der Waals surface area contributed by atoms with Gasteiger partial charge in [0.2, 0.25) is 0 Å². The minimum absolute atomic E-state index is 0.287. The minimum Gasteiger partial charge on any atom is -0.307 e. The maximum atomic E-state index is 12.0. The van der Waals surface area contributed by atoms with Gasteiger partial charge in [0, 0.05) is 23.3 Å². The Hall–Kier alpha value is -3.42. The number of hydrogen-bond donors (Lipinski definition) is 4. The molecule has 0 aliphatic carbocycles. The molecule has 3 aromatic rings. The number of carbonyl (C=O) groups excluding carboxylic acids is 2. The fourth-order valence-electron chi connectivity index (χ4n) is 1.81. The molecule has 0 aliphatic heterocycles. The number of nitrogens with one attached hydrogen (secondary N) is 4. The molecule has 0 saturated heterocycles. The summed E-state index contributed by atoms with van der Waals surface area (Å²) in [5, 5.41) is 18.1. The van der Waals surface area contributed by atoms with Crippen LogP contribution in [0.3, 0.4) is 0 Å². The Balaban J connectivity index is 1.67. The predicted octanol–water partition coefficient (Wildman–Crippen LogP) is 1.64. The molecule has 0 atom stereocenters. The third-order valence-corrected chi connectivity index (χ3v) is 2.91. The number of nitrogens with zero attached hydrogens (tertiary/aromatic N) is 2. The Morgan fingerprint density at radius 2 is 1.14 bits per heavy atom. The highest BCUT2D eigenvalue weighted by Crippen LogP contribution is 2.09. The Kier molecular flexibility index (Phi) is 3.65. The number of hydrogen-bond acceptors (Lipinski definition) is 4. The van der Waals surface area contributed by atoms with Crippen molar-refractivity contribution in [1.29, 1.82) is 0 Å². The maximum Gasteiger partial charge on any atom is 0.256 e. The third kappa shape index (κ3) is 3.01. The summed E-state index contributed by atoms with van der Waals surface area (Å²) in [4.78, 5) is 24.0. The maximum absolute atomic E-state index is 12.0. The number of rotatable bonds is 4. The molecule has 3 rings (SSSR count). The van der Waals surface area contributed by atoms with Crippen LogP contribution < -0.4 is 10.6 Å². The van der Waals surface area contributed by atoms with Crippen LogP contribution in [0.1, 0.15) is 20.7 Å². The first-order valence-electron chi connectivity index (χ1n) is 6.44. The van der Waals surface area contributed by atoms with Crippen LogP contribution >= 0.6 is 0 Å². The molecule has 110 valence electrons. The normalized spacial score (nSPS) is 10.2. The summed E-state index contributed by atoms with van der Waals surface area (Å²) in [7, 11) is 0.